The Balaban J connectivity index is 1.29. The molecule has 0 aliphatic carbocycles. The standard InChI is InChI=1S/C21H33N3O3/c25-21(17-23-8-12-27-13-9-23)4-5-24(18-21)16-20-3-1-2-19(14-20)15-22-6-10-26-11-7-22/h1-3,14,25H,4-13,15-18H2. The summed E-state index contributed by atoms with van der Waals surface area (Å²) in [5.41, 5.74) is 2.14. The van der Waals surface area contributed by atoms with Gasteiger partial charge in [0.2, 0.25) is 0 Å². The lowest BCUT2D eigenvalue weighted by atomic mass is 10.0. The fourth-order valence-corrected chi connectivity index (χ4v) is 4.48. The summed E-state index contributed by atoms with van der Waals surface area (Å²) in [5.74, 6) is 0. The Bertz CT molecular complexity index is 602. The van der Waals surface area contributed by atoms with Crippen molar-refractivity contribution in [3.8, 4) is 0 Å². The highest BCUT2D eigenvalue weighted by Crippen LogP contribution is 2.25. The molecule has 1 N–H and O–H groups in total. The maximum atomic E-state index is 11.0. The van der Waals surface area contributed by atoms with Crippen LogP contribution in [0, 0.1) is 0 Å². The Hall–Kier alpha value is -1.02. The van der Waals surface area contributed by atoms with Gasteiger partial charge in [0.05, 0.1) is 32.0 Å². The second-order valence-electron chi connectivity index (χ2n) is 8.28. The van der Waals surface area contributed by atoms with Crippen LogP contribution < -0.4 is 0 Å². The smallest absolute Gasteiger partial charge is 0.0912 e. The highest BCUT2D eigenvalue weighted by Gasteiger charge is 2.37. The van der Waals surface area contributed by atoms with Crippen LogP contribution >= 0.6 is 0 Å². The molecule has 4 rings (SSSR count). The number of β-amino-alcohol motifs (C(OH)–C–C–N with tert-alkyl or cyclic N) is 1. The van der Waals surface area contributed by atoms with Gasteiger partial charge in [-0.15, -0.1) is 0 Å². The first-order valence-corrected chi connectivity index (χ1v) is 10.3. The van der Waals surface area contributed by atoms with Crippen LogP contribution in [-0.4, -0.2) is 97.6 Å². The second-order valence-corrected chi connectivity index (χ2v) is 8.28. The molecule has 6 nitrogen and oxygen atoms in total. The number of hydrogen-bond acceptors (Lipinski definition) is 6. The van der Waals surface area contributed by atoms with Crippen molar-refractivity contribution in [2.75, 3.05) is 72.2 Å². The highest BCUT2D eigenvalue weighted by molar-refractivity contribution is 5.23. The van der Waals surface area contributed by atoms with E-state index >= 15 is 0 Å². The summed E-state index contributed by atoms with van der Waals surface area (Å²) in [6.45, 7) is 11.6. The second kappa shape index (κ2) is 8.99. The summed E-state index contributed by atoms with van der Waals surface area (Å²) in [4.78, 5) is 7.20. The summed E-state index contributed by atoms with van der Waals surface area (Å²) < 4.78 is 10.9. The molecule has 3 heterocycles. The van der Waals surface area contributed by atoms with Gasteiger partial charge in [-0.05, 0) is 17.5 Å². The van der Waals surface area contributed by atoms with Crippen LogP contribution in [0.5, 0.6) is 0 Å². The van der Waals surface area contributed by atoms with Crippen molar-refractivity contribution >= 4 is 0 Å². The van der Waals surface area contributed by atoms with Crippen LogP contribution in [0.1, 0.15) is 17.5 Å². The minimum absolute atomic E-state index is 0.581. The number of nitrogens with zero attached hydrogens (tertiary/aromatic N) is 3. The van der Waals surface area contributed by atoms with Gasteiger partial charge in [-0.2, -0.15) is 0 Å². The summed E-state index contributed by atoms with van der Waals surface area (Å²) in [6, 6.07) is 8.93. The first-order chi connectivity index (χ1) is 13.2. The van der Waals surface area contributed by atoms with Crippen molar-refractivity contribution < 1.29 is 14.6 Å². The van der Waals surface area contributed by atoms with Crippen LogP contribution in [-0.2, 0) is 22.6 Å². The normalized spacial score (nSPS) is 28.6. The molecule has 0 amide bonds. The van der Waals surface area contributed by atoms with E-state index in [0.717, 1.165) is 91.8 Å². The minimum Gasteiger partial charge on any atom is -0.387 e. The molecular weight excluding hydrogens is 342 g/mol. The molecule has 1 atom stereocenters. The molecule has 0 spiro atoms. The molecular formula is C21H33N3O3. The third-order valence-electron chi connectivity index (χ3n) is 5.94. The van der Waals surface area contributed by atoms with Crippen molar-refractivity contribution in [2.24, 2.45) is 0 Å². The van der Waals surface area contributed by atoms with Gasteiger partial charge in [-0.1, -0.05) is 24.3 Å². The Morgan fingerprint density at radius 2 is 1.41 bits per heavy atom. The maximum absolute atomic E-state index is 11.0. The number of rotatable bonds is 6. The SMILES string of the molecule is OC1(CN2CCOCC2)CCN(Cc2cccc(CN3CCOCC3)c2)C1. The lowest BCUT2D eigenvalue weighted by Gasteiger charge is -2.33. The Kier molecular flexibility index (Phi) is 6.42. The fourth-order valence-electron chi connectivity index (χ4n) is 4.48. The van der Waals surface area contributed by atoms with Gasteiger partial charge in [-0.25, -0.2) is 0 Å². The van der Waals surface area contributed by atoms with E-state index in [1.165, 1.54) is 11.1 Å². The summed E-state index contributed by atoms with van der Waals surface area (Å²) >= 11 is 0. The largest absolute Gasteiger partial charge is 0.387 e. The van der Waals surface area contributed by atoms with Crippen molar-refractivity contribution in [3.05, 3.63) is 35.4 Å². The number of benzene rings is 1. The summed E-state index contributed by atoms with van der Waals surface area (Å²) in [6.07, 6.45) is 0.859. The van der Waals surface area contributed by atoms with Crippen LogP contribution in [0.3, 0.4) is 0 Å². The van der Waals surface area contributed by atoms with E-state index in [2.05, 4.69) is 39.0 Å². The zero-order valence-electron chi connectivity index (χ0n) is 16.3. The molecule has 150 valence electrons. The van der Waals surface area contributed by atoms with E-state index < -0.39 is 5.60 Å². The van der Waals surface area contributed by atoms with Crippen molar-refractivity contribution in [1.29, 1.82) is 0 Å². The molecule has 1 aromatic rings. The highest BCUT2D eigenvalue weighted by atomic mass is 16.5. The van der Waals surface area contributed by atoms with Gasteiger partial charge in [-0.3, -0.25) is 14.7 Å². The van der Waals surface area contributed by atoms with Gasteiger partial charge in [0.1, 0.15) is 0 Å². The quantitative estimate of drug-likeness (QED) is 0.793. The zero-order valence-corrected chi connectivity index (χ0v) is 16.3. The number of ether oxygens (including phenoxy) is 2. The number of likely N-dealkylation sites (tertiary alicyclic amines) is 1. The van der Waals surface area contributed by atoms with Gasteiger partial charge in [0.15, 0.2) is 0 Å². The molecule has 0 saturated carbocycles. The third kappa shape index (κ3) is 5.50. The third-order valence-corrected chi connectivity index (χ3v) is 5.94. The first kappa shape index (κ1) is 19.3. The van der Waals surface area contributed by atoms with E-state index in [4.69, 9.17) is 9.47 Å². The van der Waals surface area contributed by atoms with Crippen molar-refractivity contribution in [2.45, 2.75) is 25.1 Å². The Morgan fingerprint density at radius 1 is 0.815 bits per heavy atom. The first-order valence-electron chi connectivity index (χ1n) is 10.3. The lowest BCUT2D eigenvalue weighted by molar-refractivity contribution is -0.0266. The summed E-state index contributed by atoms with van der Waals surface area (Å²) in [5, 5.41) is 11.0. The number of hydrogen-bond donors (Lipinski definition) is 1. The molecule has 1 unspecified atom stereocenters. The monoisotopic (exact) mass is 375 g/mol. The number of aliphatic hydroxyl groups is 1. The van der Waals surface area contributed by atoms with Crippen LogP contribution in [0.4, 0.5) is 0 Å². The molecule has 0 radical (unpaired) electrons. The zero-order chi connectivity index (χ0) is 18.5. The van der Waals surface area contributed by atoms with Gasteiger partial charge >= 0.3 is 0 Å². The summed E-state index contributed by atoms with van der Waals surface area (Å²) in [7, 11) is 0. The van der Waals surface area contributed by atoms with E-state index in [1.807, 2.05) is 0 Å². The molecule has 3 fully saturated rings. The molecule has 1 aromatic carbocycles. The number of morpholine rings is 2. The molecule has 3 aliphatic heterocycles. The van der Waals surface area contributed by atoms with Crippen LogP contribution in [0.2, 0.25) is 0 Å². The topological polar surface area (TPSA) is 48.4 Å². The van der Waals surface area contributed by atoms with E-state index in [-0.39, 0.29) is 0 Å². The Labute approximate surface area is 162 Å². The maximum Gasteiger partial charge on any atom is 0.0912 e. The minimum atomic E-state index is -0.581. The van der Waals surface area contributed by atoms with Crippen molar-refractivity contribution in [3.63, 3.8) is 0 Å². The molecule has 3 saturated heterocycles. The molecule has 0 aromatic heterocycles. The van der Waals surface area contributed by atoms with E-state index in [9.17, 15) is 5.11 Å². The van der Waals surface area contributed by atoms with E-state index in [1.54, 1.807) is 0 Å². The Morgan fingerprint density at radius 3 is 2.07 bits per heavy atom. The molecule has 27 heavy (non-hydrogen) atoms. The van der Waals surface area contributed by atoms with Crippen LogP contribution in [0.25, 0.3) is 0 Å². The predicted molar refractivity (Wildman–Crippen MR) is 105 cm³/mol. The van der Waals surface area contributed by atoms with Gasteiger partial charge < -0.3 is 14.6 Å². The molecule has 0 bridgehead atoms. The van der Waals surface area contributed by atoms with E-state index in [0.29, 0.717) is 0 Å². The molecule has 3 aliphatic rings. The predicted octanol–water partition coefficient (Wildman–Crippen LogP) is 0.788. The fraction of sp³-hybridized carbons (Fsp3) is 0.714. The average Bonchev–Trinajstić information content (AvgIpc) is 3.04. The average molecular weight is 376 g/mol. The molecule has 6 heteroatoms. The van der Waals surface area contributed by atoms with Gasteiger partial charge in [0.25, 0.3) is 0 Å². The van der Waals surface area contributed by atoms with Gasteiger partial charge in [0, 0.05) is 58.9 Å². The lowest BCUT2D eigenvalue weighted by Crippen LogP contribution is -2.48. The van der Waals surface area contributed by atoms with Crippen molar-refractivity contribution in [1.82, 2.24) is 14.7 Å². The van der Waals surface area contributed by atoms with Crippen LogP contribution in [0.15, 0.2) is 24.3 Å².